The molecule has 2 aliphatic rings. The van der Waals surface area contributed by atoms with E-state index in [1.165, 1.54) is 25.7 Å². The molecule has 1 unspecified atom stereocenters. The van der Waals surface area contributed by atoms with Crippen molar-refractivity contribution in [1.82, 2.24) is 19.9 Å². The summed E-state index contributed by atoms with van der Waals surface area (Å²) in [5.41, 5.74) is 0.843. The van der Waals surface area contributed by atoms with Crippen LogP contribution in [0.4, 0.5) is 0 Å². The highest BCUT2D eigenvalue weighted by Gasteiger charge is 2.28. The topological polar surface area (TPSA) is 71.2 Å². The molecule has 2 fully saturated rings. The van der Waals surface area contributed by atoms with Gasteiger partial charge < -0.3 is 10.0 Å². The minimum Gasteiger partial charge on any atom is -0.393 e. The molecule has 25 heavy (non-hydrogen) atoms. The van der Waals surface area contributed by atoms with Gasteiger partial charge in [0.25, 0.3) is 0 Å². The first kappa shape index (κ1) is 18.4. The van der Waals surface area contributed by atoms with Gasteiger partial charge in [0.05, 0.1) is 11.8 Å². The Balaban J connectivity index is 1.45. The summed E-state index contributed by atoms with van der Waals surface area (Å²) in [7, 11) is 0. The van der Waals surface area contributed by atoms with Crippen molar-refractivity contribution in [3.05, 3.63) is 11.9 Å². The quantitative estimate of drug-likeness (QED) is 0.830. The molecule has 6 nitrogen and oxygen atoms in total. The summed E-state index contributed by atoms with van der Waals surface area (Å²) in [6.07, 6.45) is 11.4. The molecule has 2 heterocycles. The molecule has 140 valence electrons. The Morgan fingerprint density at radius 2 is 1.88 bits per heavy atom. The van der Waals surface area contributed by atoms with E-state index < -0.39 is 0 Å². The zero-order valence-corrected chi connectivity index (χ0v) is 15.4. The molecule has 1 N–H and O–H groups in total. The minimum absolute atomic E-state index is 0.275. The Morgan fingerprint density at radius 1 is 1.20 bits per heavy atom. The maximum Gasteiger partial charge on any atom is 0.225 e. The van der Waals surface area contributed by atoms with Crippen LogP contribution in [0.2, 0.25) is 0 Å². The van der Waals surface area contributed by atoms with Gasteiger partial charge in [-0.3, -0.25) is 9.48 Å². The number of carbonyl (C=O) groups is 1. The number of amides is 1. The largest absolute Gasteiger partial charge is 0.393 e. The molecule has 1 saturated heterocycles. The number of likely N-dealkylation sites (tertiary alicyclic amines) is 1. The van der Waals surface area contributed by atoms with Crippen molar-refractivity contribution in [1.29, 1.82) is 0 Å². The molecule has 1 amide bonds. The fourth-order valence-electron chi connectivity index (χ4n) is 4.21. The highest BCUT2D eigenvalue weighted by molar-refractivity contribution is 5.78. The van der Waals surface area contributed by atoms with Crippen LogP contribution >= 0.6 is 0 Å². The van der Waals surface area contributed by atoms with E-state index in [2.05, 4.69) is 15.2 Å². The number of aliphatic hydroxyl groups is 1. The first-order valence-electron chi connectivity index (χ1n) is 9.97. The summed E-state index contributed by atoms with van der Waals surface area (Å²) in [5.74, 6) is 1.23. The van der Waals surface area contributed by atoms with E-state index in [0.29, 0.717) is 18.2 Å². The Morgan fingerprint density at radius 3 is 2.52 bits per heavy atom. The van der Waals surface area contributed by atoms with Gasteiger partial charge in [-0.1, -0.05) is 30.9 Å². The second kappa shape index (κ2) is 8.79. The average Bonchev–Trinajstić information content (AvgIpc) is 2.85. The maximum atomic E-state index is 12.8. The SMILES string of the molecule is CC(O)Cc1cn(CC2CCN(C(=O)C3CCCCCC3)CC2)nn1. The fraction of sp³-hybridized carbons (Fsp3) is 0.842. The summed E-state index contributed by atoms with van der Waals surface area (Å²) in [4.78, 5) is 14.9. The number of rotatable bonds is 5. The van der Waals surface area contributed by atoms with Crippen LogP contribution in [0.5, 0.6) is 0 Å². The van der Waals surface area contributed by atoms with Gasteiger partial charge in [0.15, 0.2) is 0 Å². The van der Waals surface area contributed by atoms with E-state index in [-0.39, 0.29) is 12.0 Å². The maximum absolute atomic E-state index is 12.8. The summed E-state index contributed by atoms with van der Waals surface area (Å²) in [5, 5.41) is 17.7. The summed E-state index contributed by atoms with van der Waals surface area (Å²) in [6.45, 7) is 4.39. The number of aliphatic hydroxyl groups excluding tert-OH is 1. The Bertz CT molecular complexity index is 541. The van der Waals surface area contributed by atoms with Crippen LogP contribution in [0.15, 0.2) is 6.20 Å². The van der Waals surface area contributed by atoms with Gasteiger partial charge >= 0.3 is 0 Å². The van der Waals surface area contributed by atoms with Crippen LogP contribution in [-0.4, -0.2) is 50.1 Å². The normalized spacial score (nSPS) is 21.9. The zero-order chi connectivity index (χ0) is 17.6. The third kappa shape index (κ3) is 5.27. The van der Waals surface area contributed by atoms with Crippen LogP contribution in [-0.2, 0) is 17.8 Å². The van der Waals surface area contributed by atoms with Crippen LogP contribution in [0.25, 0.3) is 0 Å². The molecule has 1 aliphatic heterocycles. The van der Waals surface area contributed by atoms with Crippen LogP contribution in [0.1, 0.15) is 64.0 Å². The number of hydrogen-bond acceptors (Lipinski definition) is 4. The Kier molecular flexibility index (Phi) is 6.45. The van der Waals surface area contributed by atoms with E-state index >= 15 is 0 Å². The lowest BCUT2D eigenvalue weighted by molar-refractivity contribution is -0.137. The number of nitrogens with zero attached hydrogens (tertiary/aromatic N) is 4. The molecule has 1 saturated carbocycles. The molecule has 6 heteroatoms. The van der Waals surface area contributed by atoms with E-state index in [9.17, 15) is 9.90 Å². The van der Waals surface area contributed by atoms with Gasteiger partial charge in [0.2, 0.25) is 5.91 Å². The van der Waals surface area contributed by atoms with Crippen molar-refractivity contribution in [2.45, 2.75) is 77.4 Å². The van der Waals surface area contributed by atoms with Crippen molar-refractivity contribution in [2.75, 3.05) is 13.1 Å². The molecule has 0 spiro atoms. The van der Waals surface area contributed by atoms with E-state index in [1.54, 1.807) is 6.92 Å². The smallest absolute Gasteiger partial charge is 0.225 e. The van der Waals surface area contributed by atoms with Crippen LogP contribution in [0.3, 0.4) is 0 Å². The predicted octanol–water partition coefficient (Wildman–Crippen LogP) is 2.41. The molecule has 1 aromatic rings. The lowest BCUT2D eigenvalue weighted by Gasteiger charge is -2.34. The lowest BCUT2D eigenvalue weighted by Crippen LogP contribution is -2.42. The molecule has 3 rings (SSSR count). The van der Waals surface area contributed by atoms with Crippen molar-refractivity contribution < 1.29 is 9.90 Å². The second-order valence-corrected chi connectivity index (χ2v) is 7.94. The molecular formula is C19H32N4O2. The van der Waals surface area contributed by atoms with Gasteiger partial charge in [-0.15, -0.1) is 5.10 Å². The zero-order valence-electron chi connectivity index (χ0n) is 15.4. The van der Waals surface area contributed by atoms with Gasteiger partial charge in [-0.25, -0.2) is 0 Å². The van der Waals surface area contributed by atoms with Crippen molar-refractivity contribution in [3.8, 4) is 0 Å². The average molecular weight is 348 g/mol. The van der Waals surface area contributed by atoms with Gasteiger partial charge in [-0.2, -0.15) is 0 Å². The number of hydrogen-bond donors (Lipinski definition) is 1. The van der Waals surface area contributed by atoms with Gasteiger partial charge in [0.1, 0.15) is 0 Å². The Labute approximate surface area is 150 Å². The van der Waals surface area contributed by atoms with E-state index in [1.807, 2.05) is 10.9 Å². The highest BCUT2D eigenvalue weighted by Crippen LogP contribution is 2.27. The third-order valence-corrected chi connectivity index (χ3v) is 5.67. The minimum atomic E-state index is -0.386. The molecule has 1 aromatic heterocycles. The lowest BCUT2D eigenvalue weighted by atomic mass is 9.93. The fourth-order valence-corrected chi connectivity index (χ4v) is 4.21. The summed E-state index contributed by atoms with van der Waals surface area (Å²) < 4.78 is 1.89. The van der Waals surface area contributed by atoms with Gasteiger partial charge in [0, 0.05) is 38.2 Å². The van der Waals surface area contributed by atoms with Crippen LogP contribution in [0, 0.1) is 11.8 Å². The standard InChI is InChI=1S/C19H32N4O2/c1-15(24)12-18-14-23(21-20-18)13-16-8-10-22(11-9-16)19(25)17-6-4-2-3-5-7-17/h14-17,24H,2-13H2,1H3. The third-order valence-electron chi connectivity index (χ3n) is 5.67. The summed E-state index contributed by atoms with van der Waals surface area (Å²) >= 11 is 0. The molecular weight excluding hydrogens is 316 g/mol. The molecule has 1 aliphatic carbocycles. The second-order valence-electron chi connectivity index (χ2n) is 7.94. The molecule has 0 radical (unpaired) electrons. The predicted molar refractivity (Wildman–Crippen MR) is 95.9 cm³/mol. The van der Waals surface area contributed by atoms with E-state index in [4.69, 9.17) is 0 Å². The van der Waals surface area contributed by atoms with Crippen molar-refractivity contribution in [2.24, 2.45) is 11.8 Å². The molecule has 1 atom stereocenters. The number of carbonyl (C=O) groups excluding carboxylic acids is 1. The number of aromatic nitrogens is 3. The molecule has 0 aromatic carbocycles. The number of piperidine rings is 1. The molecule has 0 bridgehead atoms. The first-order chi connectivity index (χ1) is 12.1. The highest BCUT2D eigenvalue weighted by atomic mass is 16.3. The monoisotopic (exact) mass is 348 g/mol. The Hall–Kier alpha value is -1.43. The summed E-state index contributed by atoms with van der Waals surface area (Å²) in [6, 6.07) is 0. The first-order valence-corrected chi connectivity index (χ1v) is 9.97. The van der Waals surface area contributed by atoms with E-state index in [0.717, 1.165) is 51.0 Å². The van der Waals surface area contributed by atoms with Crippen molar-refractivity contribution in [3.63, 3.8) is 0 Å². The van der Waals surface area contributed by atoms with Gasteiger partial charge in [-0.05, 0) is 38.5 Å². The van der Waals surface area contributed by atoms with Crippen molar-refractivity contribution >= 4 is 5.91 Å². The van der Waals surface area contributed by atoms with Crippen LogP contribution < -0.4 is 0 Å².